The number of carbonyl (C=O) groups is 1. The van der Waals surface area contributed by atoms with Gasteiger partial charge in [-0.2, -0.15) is 0 Å². The molecule has 0 spiro atoms. The summed E-state index contributed by atoms with van der Waals surface area (Å²) < 4.78 is 0.919. The molecule has 18 heavy (non-hydrogen) atoms. The van der Waals surface area contributed by atoms with Gasteiger partial charge in [0.25, 0.3) is 5.91 Å². The summed E-state index contributed by atoms with van der Waals surface area (Å²) in [5, 5.41) is 2.91. The lowest BCUT2D eigenvalue weighted by Crippen LogP contribution is -2.15. The Bertz CT molecular complexity index is 604. The van der Waals surface area contributed by atoms with E-state index in [2.05, 4.69) is 37.9 Å². The van der Waals surface area contributed by atoms with E-state index in [0.717, 1.165) is 9.13 Å². The van der Waals surface area contributed by atoms with Gasteiger partial charge < -0.3 is 5.32 Å². The molecule has 0 bridgehead atoms. The van der Waals surface area contributed by atoms with Gasteiger partial charge in [0.05, 0.1) is 18.0 Å². The summed E-state index contributed by atoms with van der Waals surface area (Å²) >= 11 is 7.85. The van der Waals surface area contributed by atoms with E-state index in [1.165, 1.54) is 12.4 Å². The third-order valence-electron chi connectivity index (χ3n) is 2.28. The fourth-order valence-electron chi connectivity index (χ4n) is 1.41. The first kappa shape index (κ1) is 13.2. The maximum Gasteiger partial charge on any atom is 0.257 e. The van der Waals surface area contributed by atoms with Gasteiger partial charge >= 0.3 is 0 Å². The summed E-state index contributed by atoms with van der Waals surface area (Å²) in [6, 6.07) is 5.57. The molecule has 0 fully saturated rings. The van der Waals surface area contributed by atoms with Crippen molar-refractivity contribution in [2.45, 2.75) is 6.92 Å². The molecule has 0 aliphatic carbocycles. The molecule has 1 aromatic heterocycles. The highest BCUT2D eigenvalue weighted by Gasteiger charge is 2.12. The first-order valence-electron chi connectivity index (χ1n) is 5.12. The van der Waals surface area contributed by atoms with Crippen molar-refractivity contribution in [2.24, 2.45) is 0 Å². The van der Waals surface area contributed by atoms with Crippen molar-refractivity contribution in [3.05, 3.63) is 50.4 Å². The number of benzene rings is 1. The van der Waals surface area contributed by atoms with Crippen molar-refractivity contribution >= 4 is 45.9 Å². The first-order chi connectivity index (χ1) is 8.58. The molecule has 0 atom stereocenters. The fraction of sp³-hybridized carbons (Fsp3) is 0.0833. The van der Waals surface area contributed by atoms with Gasteiger partial charge in [-0.1, -0.05) is 23.7 Å². The molecule has 2 rings (SSSR count). The minimum Gasteiger partial charge on any atom is -0.305 e. The van der Waals surface area contributed by atoms with Crippen molar-refractivity contribution in [1.82, 2.24) is 9.97 Å². The number of nitrogens with one attached hydrogen (secondary N) is 1. The number of anilines is 1. The van der Waals surface area contributed by atoms with Gasteiger partial charge in [0.1, 0.15) is 5.15 Å². The Hall–Kier alpha value is -1.21. The Morgan fingerprint density at radius 3 is 2.89 bits per heavy atom. The lowest BCUT2D eigenvalue weighted by molar-refractivity contribution is 0.102. The number of hydrogen-bond acceptors (Lipinski definition) is 3. The number of nitrogens with zero attached hydrogens (tertiary/aromatic N) is 2. The maximum absolute atomic E-state index is 12.1. The average Bonchev–Trinajstić information content (AvgIpc) is 2.32. The van der Waals surface area contributed by atoms with Crippen molar-refractivity contribution in [3.63, 3.8) is 0 Å². The molecule has 1 amide bonds. The van der Waals surface area contributed by atoms with E-state index in [4.69, 9.17) is 11.6 Å². The summed E-state index contributed by atoms with van der Waals surface area (Å²) in [5.74, 6) is 0.115. The highest BCUT2D eigenvalue weighted by molar-refractivity contribution is 14.1. The van der Waals surface area contributed by atoms with E-state index >= 15 is 0 Å². The summed E-state index contributed by atoms with van der Waals surface area (Å²) in [5.41, 5.74) is 1.66. The number of aromatic nitrogens is 2. The number of halogens is 2. The molecular formula is C12H9ClIN3O. The Balaban J connectivity index is 2.25. The predicted molar refractivity (Wildman–Crippen MR) is 78.9 cm³/mol. The Morgan fingerprint density at radius 2 is 2.17 bits per heavy atom. The van der Waals surface area contributed by atoms with E-state index in [-0.39, 0.29) is 11.1 Å². The Kier molecular flexibility index (Phi) is 4.13. The highest BCUT2D eigenvalue weighted by Crippen LogP contribution is 2.18. The first-order valence-corrected chi connectivity index (χ1v) is 6.57. The molecule has 0 aliphatic heterocycles. The molecular weight excluding hydrogens is 365 g/mol. The van der Waals surface area contributed by atoms with E-state index in [0.29, 0.717) is 11.4 Å². The molecule has 0 saturated carbocycles. The van der Waals surface area contributed by atoms with Crippen LogP contribution in [0.3, 0.4) is 0 Å². The van der Waals surface area contributed by atoms with E-state index in [1.54, 1.807) is 6.07 Å². The van der Waals surface area contributed by atoms with Gasteiger partial charge in [0, 0.05) is 3.57 Å². The lowest BCUT2D eigenvalue weighted by Gasteiger charge is -2.07. The number of rotatable bonds is 2. The zero-order valence-corrected chi connectivity index (χ0v) is 12.4. The highest BCUT2D eigenvalue weighted by atomic mass is 127. The number of carbonyl (C=O) groups excluding carboxylic acids is 1. The van der Waals surface area contributed by atoms with Crippen LogP contribution in [0.2, 0.25) is 5.15 Å². The van der Waals surface area contributed by atoms with Crippen LogP contribution in [0.4, 0.5) is 5.82 Å². The van der Waals surface area contributed by atoms with Crippen molar-refractivity contribution in [3.8, 4) is 0 Å². The monoisotopic (exact) mass is 373 g/mol. The standard InChI is InChI=1S/C12H9ClIN3O/c1-7-3-2-4-8(11(7)14)12(18)17-10-6-15-5-9(13)16-10/h2-6H,1H3,(H,16,17,18). The van der Waals surface area contributed by atoms with Crippen molar-refractivity contribution in [1.29, 1.82) is 0 Å². The van der Waals surface area contributed by atoms with Crippen LogP contribution < -0.4 is 5.32 Å². The summed E-state index contributed by atoms with van der Waals surface area (Å²) in [4.78, 5) is 19.9. The minimum absolute atomic E-state index is 0.223. The number of hydrogen-bond donors (Lipinski definition) is 1. The molecule has 1 heterocycles. The van der Waals surface area contributed by atoms with Crippen molar-refractivity contribution in [2.75, 3.05) is 5.32 Å². The zero-order valence-electron chi connectivity index (χ0n) is 9.45. The van der Waals surface area contributed by atoms with Gasteiger partial charge in [-0.15, -0.1) is 0 Å². The smallest absolute Gasteiger partial charge is 0.257 e. The molecule has 92 valence electrons. The predicted octanol–water partition coefficient (Wildman–Crippen LogP) is 3.30. The van der Waals surface area contributed by atoms with E-state index < -0.39 is 0 Å². The summed E-state index contributed by atoms with van der Waals surface area (Å²) in [6.45, 7) is 1.96. The van der Waals surface area contributed by atoms with Crippen LogP contribution in [0.15, 0.2) is 30.6 Å². The van der Waals surface area contributed by atoms with Gasteiger partial charge in [-0.3, -0.25) is 9.78 Å². The zero-order chi connectivity index (χ0) is 13.1. The quantitative estimate of drug-likeness (QED) is 0.822. The number of amides is 1. The lowest BCUT2D eigenvalue weighted by atomic mass is 10.1. The van der Waals surface area contributed by atoms with E-state index in [9.17, 15) is 4.79 Å². The molecule has 0 saturated heterocycles. The second-order valence-corrected chi connectivity index (χ2v) is 5.08. The van der Waals surface area contributed by atoms with Gasteiger partial charge in [0.2, 0.25) is 0 Å². The van der Waals surface area contributed by atoms with Gasteiger partial charge in [-0.25, -0.2) is 4.98 Å². The van der Waals surface area contributed by atoms with E-state index in [1.807, 2.05) is 19.1 Å². The molecule has 0 radical (unpaired) electrons. The van der Waals surface area contributed by atoms with Gasteiger partial charge in [0.15, 0.2) is 5.82 Å². The molecule has 4 nitrogen and oxygen atoms in total. The van der Waals surface area contributed by atoms with Crippen LogP contribution in [0, 0.1) is 10.5 Å². The van der Waals surface area contributed by atoms with Crippen LogP contribution in [-0.2, 0) is 0 Å². The molecule has 2 aromatic rings. The summed E-state index contributed by atoms with van der Waals surface area (Å²) in [6.07, 6.45) is 2.86. The third-order valence-corrected chi connectivity index (χ3v) is 3.90. The topological polar surface area (TPSA) is 54.9 Å². The fourth-order valence-corrected chi connectivity index (χ4v) is 2.16. The molecule has 1 aromatic carbocycles. The molecule has 0 unspecified atom stereocenters. The minimum atomic E-state index is -0.223. The molecule has 1 N–H and O–H groups in total. The third kappa shape index (κ3) is 2.97. The molecule has 6 heteroatoms. The largest absolute Gasteiger partial charge is 0.305 e. The number of aryl methyl sites for hydroxylation is 1. The second-order valence-electron chi connectivity index (χ2n) is 3.62. The van der Waals surface area contributed by atoms with Crippen LogP contribution in [0.1, 0.15) is 15.9 Å². The molecule has 0 aliphatic rings. The Morgan fingerprint density at radius 1 is 1.39 bits per heavy atom. The SMILES string of the molecule is Cc1cccc(C(=O)Nc2cncc(Cl)n2)c1I. The Labute approximate surface area is 123 Å². The second kappa shape index (κ2) is 5.62. The van der Waals surface area contributed by atoms with Crippen LogP contribution in [0.25, 0.3) is 0 Å². The normalized spacial score (nSPS) is 10.2. The summed E-state index contributed by atoms with van der Waals surface area (Å²) in [7, 11) is 0. The average molecular weight is 374 g/mol. The van der Waals surface area contributed by atoms with Crippen LogP contribution in [0.5, 0.6) is 0 Å². The van der Waals surface area contributed by atoms with Gasteiger partial charge in [-0.05, 0) is 41.1 Å². The van der Waals surface area contributed by atoms with Crippen LogP contribution in [-0.4, -0.2) is 15.9 Å². The maximum atomic E-state index is 12.1. The van der Waals surface area contributed by atoms with Crippen molar-refractivity contribution < 1.29 is 4.79 Å². The van der Waals surface area contributed by atoms with Crippen LogP contribution >= 0.6 is 34.2 Å².